The summed E-state index contributed by atoms with van der Waals surface area (Å²) in [5.74, 6) is 2.34. The van der Waals surface area contributed by atoms with Gasteiger partial charge in [0.05, 0.1) is 0 Å². The molecule has 3 aromatic rings. The molecule has 0 spiro atoms. The molecule has 0 fully saturated rings. The van der Waals surface area contributed by atoms with Gasteiger partial charge in [-0.05, 0) is 42.3 Å². The second-order valence-electron chi connectivity index (χ2n) is 6.88. The first kappa shape index (κ1) is 19.8. The Morgan fingerprint density at radius 1 is 1.10 bits per heavy atom. The molecule has 0 saturated carbocycles. The molecule has 1 aliphatic heterocycles. The van der Waals surface area contributed by atoms with Crippen LogP contribution in [-0.2, 0) is 12.3 Å². The zero-order valence-corrected chi connectivity index (χ0v) is 18.0. The zero-order chi connectivity index (χ0) is 20.2. The quantitative estimate of drug-likeness (QED) is 0.531. The summed E-state index contributed by atoms with van der Waals surface area (Å²) in [6.07, 6.45) is 0. The monoisotopic (exact) mass is 426 g/mol. The van der Waals surface area contributed by atoms with Crippen LogP contribution in [0.2, 0.25) is 0 Å². The van der Waals surface area contributed by atoms with Gasteiger partial charge in [0.25, 0.3) is 5.91 Å². The van der Waals surface area contributed by atoms with Gasteiger partial charge in [0.1, 0.15) is 17.6 Å². The Hall–Kier alpha value is -2.51. The van der Waals surface area contributed by atoms with E-state index in [0.29, 0.717) is 25.3 Å². The number of fused-ring (bicyclic) bond motifs is 1. The van der Waals surface area contributed by atoms with Gasteiger partial charge in [0.15, 0.2) is 11.5 Å². The van der Waals surface area contributed by atoms with Crippen molar-refractivity contribution in [3.05, 3.63) is 70.2 Å². The fourth-order valence-corrected chi connectivity index (χ4v) is 4.84. The molecule has 0 saturated heterocycles. The van der Waals surface area contributed by atoms with Gasteiger partial charge in [-0.25, -0.2) is 4.98 Å². The molecule has 0 aliphatic carbocycles. The number of hydrogen-bond acceptors (Lipinski definition) is 6. The summed E-state index contributed by atoms with van der Waals surface area (Å²) in [5.41, 5.74) is 3.93. The second-order valence-corrected chi connectivity index (χ2v) is 8.96. The van der Waals surface area contributed by atoms with Gasteiger partial charge >= 0.3 is 0 Å². The topological polar surface area (TPSA) is 51.7 Å². The minimum absolute atomic E-state index is 0.00496. The van der Waals surface area contributed by atoms with E-state index in [0.717, 1.165) is 32.8 Å². The molecule has 0 N–H and O–H groups in total. The average Bonchev–Trinajstić information content (AvgIpc) is 3.17. The van der Waals surface area contributed by atoms with E-state index in [4.69, 9.17) is 9.47 Å². The van der Waals surface area contributed by atoms with E-state index in [2.05, 4.69) is 10.4 Å². The van der Waals surface area contributed by atoms with E-state index in [9.17, 15) is 4.79 Å². The third kappa shape index (κ3) is 4.92. The van der Waals surface area contributed by atoms with E-state index < -0.39 is 0 Å². The standard InChI is InChI=1S/C22H22N2O3S2/c1-15-13-28-22(23-15)29-14-16-3-6-18(7-4-16)21(25)24(2)12-17-5-8-19-20(11-17)27-10-9-26-19/h3-8,11,13H,9-10,12,14H2,1-2H3. The van der Waals surface area contributed by atoms with Crippen molar-refractivity contribution in [2.75, 3.05) is 20.3 Å². The maximum atomic E-state index is 12.8. The van der Waals surface area contributed by atoms with E-state index >= 15 is 0 Å². The van der Waals surface area contributed by atoms with E-state index in [1.807, 2.05) is 56.4 Å². The molecule has 1 aromatic heterocycles. The number of hydrogen-bond donors (Lipinski definition) is 0. The van der Waals surface area contributed by atoms with Crippen LogP contribution in [0.3, 0.4) is 0 Å². The zero-order valence-electron chi connectivity index (χ0n) is 16.4. The summed E-state index contributed by atoms with van der Waals surface area (Å²) in [7, 11) is 1.81. The van der Waals surface area contributed by atoms with Gasteiger partial charge in [0, 0.05) is 36.0 Å². The molecular formula is C22H22N2O3S2. The molecule has 7 heteroatoms. The van der Waals surface area contributed by atoms with E-state index in [-0.39, 0.29) is 5.91 Å². The first-order chi connectivity index (χ1) is 14.1. The normalized spacial score (nSPS) is 12.6. The summed E-state index contributed by atoms with van der Waals surface area (Å²) in [6.45, 7) is 3.64. The number of rotatable bonds is 6. The van der Waals surface area contributed by atoms with Gasteiger partial charge in [-0.3, -0.25) is 4.79 Å². The Morgan fingerprint density at radius 2 is 1.83 bits per heavy atom. The van der Waals surface area contributed by atoms with Crippen molar-refractivity contribution in [1.82, 2.24) is 9.88 Å². The van der Waals surface area contributed by atoms with Crippen LogP contribution in [0, 0.1) is 6.92 Å². The Kier molecular flexibility index (Phi) is 6.06. The van der Waals surface area contributed by atoms with Crippen LogP contribution in [0.1, 0.15) is 27.2 Å². The Bertz CT molecular complexity index is 1000. The van der Waals surface area contributed by atoms with E-state index in [1.54, 1.807) is 28.0 Å². The molecule has 1 amide bonds. The average molecular weight is 427 g/mol. The summed E-state index contributed by atoms with van der Waals surface area (Å²) in [6, 6.07) is 13.6. The van der Waals surface area contributed by atoms with E-state index in [1.165, 1.54) is 5.56 Å². The van der Waals surface area contributed by atoms with Crippen molar-refractivity contribution in [2.24, 2.45) is 0 Å². The number of thiazole rings is 1. The van der Waals surface area contributed by atoms with Crippen molar-refractivity contribution in [1.29, 1.82) is 0 Å². The molecule has 150 valence electrons. The number of benzene rings is 2. The van der Waals surface area contributed by atoms with Gasteiger partial charge in [-0.1, -0.05) is 30.0 Å². The van der Waals surface area contributed by atoms with Crippen LogP contribution in [0.4, 0.5) is 0 Å². The Morgan fingerprint density at radius 3 is 2.55 bits per heavy atom. The summed E-state index contributed by atoms with van der Waals surface area (Å²) < 4.78 is 12.2. The van der Waals surface area contributed by atoms with Crippen LogP contribution >= 0.6 is 23.1 Å². The van der Waals surface area contributed by atoms with Gasteiger partial charge < -0.3 is 14.4 Å². The highest BCUT2D eigenvalue weighted by atomic mass is 32.2. The molecule has 0 atom stereocenters. The molecule has 0 bridgehead atoms. The number of carbonyl (C=O) groups excluding carboxylic acids is 1. The number of aromatic nitrogens is 1. The van der Waals surface area contributed by atoms with Gasteiger partial charge in [-0.15, -0.1) is 11.3 Å². The predicted molar refractivity (Wildman–Crippen MR) is 116 cm³/mol. The first-order valence-corrected chi connectivity index (χ1v) is 11.2. The highest BCUT2D eigenvalue weighted by Gasteiger charge is 2.15. The fraction of sp³-hybridized carbons (Fsp3) is 0.273. The summed E-state index contributed by atoms with van der Waals surface area (Å²) >= 11 is 3.38. The number of ether oxygens (including phenoxy) is 2. The van der Waals surface area contributed by atoms with Crippen molar-refractivity contribution in [2.45, 2.75) is 23.6 Å². The third-order valence-corrected chi connectivity index (χ3v) is 6.74. The largest absolute Gasteiger partial charge is 0.486 e. The van der Waals surface area contributed by atoms with Crippen LogP contribution in [0.25, 0.3) is 0 Å². The third-order valence-electron chi connectivity index (χ3n) is 4.53. The molecule has 29 heavy (non-hydrogen) atoms. The molecule has 2 aromatic carbocycles. The Labute approximate surface area is 178 Å². The molecule has 4 rings (SSSR count). The molecule has 0 radical (unpaired) electrons. The van der Waals surface area contributed by atoms with Crippen molar-refractivity contribution in [3.8, 4) is 11.5 Å². The lowest BCUT2D eigenvalue weighted by Crippen LogP contribution is -2.26. The van der Waals surface area contributed by atoms with Crippen LogP contribution in [0.5, 0.6) is 11.5 Å². The molecular weight excluding hydrogens is 404 g/mol. The maximum Gasteiger partial charge on any atom is 0.253 e. The molecule has 1 aliphatic rings. The van der Waals surface area contributed by atoms with Gasteiger partial charge in [0.2, 0.25) is 0 Å². The lowest BCUT2D eigenvalue weighted by molar-refractivity contribution is 0.0784. The Balaban J connectivity index is 1.35. The number of carbonyl (C=O) groups is 1. The minimum Gasteiger partial charge on any atom is -0.486 e. The number of aryl methyl sites for hydroxylation is 1. The molecule has 0 unspecified atom stereocenters. The predicted octanol–water partition coefficient (Wildman–Crippen LogP) is 4.79. The van der Waals surface area contributed by atoms with Crippen LogP contribution < -0.4 is 9.47 Å². The maximum absolute atomic E-state index is 12.8. The highest BCUT2D eigenvalue weighted by Crippen LogP contribution is 2.31. The number of thioether (sulfide) groups is 1. The second kappa shape index (κ2) is 8.88. The van der Waals surface area contributed by atoms with Crippen molar-refractivity contribution in [3.63, 3.8) is 0 Å². The number of nitrogens with zero attached hydrogens (tertiary/aromatic N) is 2. The molecule has 2 heterocycles. The van der Waals surface area contributed by atoms with Crippen molar-refractivity contribution >= 4 is 29.0 Å². The summed E-state index contributed by atoms with van der Waals surface area (Å²) in [5, 5.41) is 2.06. The SMILES string of the molecule is Cc1csc(SCc2ccc(C(=O)N(C)Cc3ccc4c(c3)OCCO4)cc2)n1. The summed E-state index contributed by atoms with van der Waals surface area (Å²) in [4.78, 5) is 19.0. The lowest BCUT2D eigenvalue weighted by Gasteiger charge is -2.21. The lowest BCUT2D eigenvalue weighted by atomic mass is 10.1. The van der Waals surface area contributed by atoms with Crippen molar-refractivity contribution < 1.29 is 14.3 Å². The number of amides is 1. The smallest absolute Gasteiger partial charge is 0.253 e. The van der Waals surface area contributed by atoms with Crippen LogP contribution in [0.15, 0.2) is 52.2 Å². The van der Waals surface area contributed by atoms with Crippen LogP contribution in [-0.4, -0.2) is 36.1 Å². The highest BCUT2D eigenvalue weighted by molar-refractivity contribution is 8.00. The minimum atomic E-state index is -0.00496. The first-order valence-electron chi connectivity index (χ1n) is 9.36. The molecule has 5 nitrogen and oxygen atoms in total. The van der Waals surface area contributed by atoms with Gasteiger partial charge in [-0.2, -0.15) is 0 Å². The fourth-order valence-electron chi connectivity index (χ4n) is 3.04.